The minimum Gasteiger partial charge on any atom is -0.329 e. The van der Waals surface area contributed by atoms with Crippen molar-refractivity contribution in [2.75, 3.05) is 20.1 Å². The van der Waals surface area contributed by atoms with Gasteiger partial charge in [-0.3, -0.25) is 0 Å². The summed E-state index contributed by atoms with van der Waals surface area (Å²) in [5.41, 5.74) is 5.08. The van der Waals surface area contributed by atoms with Gasteiger partial charge in [-0.05, 0) is 7.05 Å². The smallest absolute Gasteiger partial charge is 0.00714 e. The van der Waals surface area contributed by atoms with Crippen LogP contribution in [0.25, 0.3) is 0 Å². The van der Waals surface area contributed by atoms with Crippen molar-refractivity contribution in [2.45, 2.75) is 0 Å². The first-order valence-electron chi connectivity index (χ1n) is 1.76. The summed E-state index contributed by atoms with van der Waals surface area (Å²) in [5, 5.41) is 2.89. The second-order valence-corrected chi connectivity index (χ2v) is 0.892. The molecule has 0 atom stereocenters. The van der Waals surface area contributed by atoms with Crippen LogP contribution in [-0.2, 0) is 17.1 Å². The van der Waals surface area contributed by atoms with Crippen LogP contribution in [0.5, 0.6) is 0 Å². The quantitative estimate of drug-likeness (QED) is 0.488. The van der Waals surface area contributed by atoms with Crippen LogP contribution in [0, 0.1) is 0 Å². The van der Waals surface area contributed by atoms with Gasteiger partial charge < -0.3 is 11.1 Å². The molecule has 0 amide bonds. The van der Waals surface area contributed by atoms with Crippen molar-refractivity contribution < 1.29 is 17.1 Å². The topological polar surface area (TPSA) is 38.0 Å². The molecule has 0 aliphatic heterocycles. The van der Waals surface area contributed by atoms with Crippen LogP contribution in [-0.4, -0.2) is 20.1 Å². The van der Waals surface area contributed by atoms with Gasteiger partial charge in [-0.25, -0.2) is 0 Å². The summed E-state index contributed by atoms with van der Waals surface area (Å²) >= 11 is 0. The number of rotatable bonds is 2. The summed E-state index contributed by atoms with van der Waals surface area (Å²) in [7, 11) is 1.88. The van der Waals surface area contributed by atoms with Crippen LogP contribution < -0.4 is 11.1 Å². The van der Waals surface area contributed by atoms with E-state index in [1.54, 1.807) is 0 Å². The molecule has 0 aromatic heterocycles. The molecular weight excluding hydrogens is 128 g/mol. The van der Waals surface area contributed by atoms with E-state index < -0.39 is 0 Å². The monoisotopic (exact) mass is 137 g/mol. The predicted octanol–water partition coefficient (Wildman–Crippen LogP) is -0.838. The van der Waals surface area contributed by atoms with Crippen LogP contribution in [0.4, 0.5) is 0 Å². The van der Waals surface area contributed by atoms with E-state index in [2.05, 4.69) is 5.32 Å². The fourth-order valence-corrected chi connectivity index (χ4v) is 0.144. The average Bonchev–Trinajstić information content (AvgIpc) is 1.41. The molecule has 0 unspecified atom stereocenters. The molecule has 0 rings (SSSR count). The van der Waals surface area contributed by atoms with E-state index in [0.29, 0.717) is 0 Å². The number of nitrogens with two attached hydrogens (primary N) is 1. The predicted molar refractivity (Wildman–Crippen MR) is 23.0 cm³/mol. The van der Waals surface area contributed by atoms with Crippen molar-refractivity contribution in [3.05, 3.63) is 0 Å². The molecule has 0 aromatic rings. The van der Waals surface area contributed by atoms with Crippen LogP contribution >= 0.6 is 0 Å². The molecular formula is C3H10CuN2. The van der Waals surface area contributed by atoms with Gasteiger partial charge in [0.25, 0.3) is 0 Å². The Bertz CT molecular complexity index is 16.3. The number of nitrogens with one attached hydrogen (secondary N) is 1. The van der Waals surface area contributed by atoms with E-state index in [0.717, 1.165) is 13.1 Å². The molecule has 3 heteroatoms. The van der Waals surface area contributed by atoms with Crippen LogP contribution in [0.2, 0.25) is 0 Å². The molecule has 0 saturated heterocycles. The Morgan fingerprint density at radius 2 is 2.17 bits per heavy atom. The van der Waals surface area contributed by atoms with E-state index in [9.17, 15) is 0 Å². The van der Waals surface area contributed by atoms with Gasteiger partial charge in [-0.15, -0.1) is 0 Å². The van der Waals surface area contributed by atoms with Gasteiger partial charge >= 0.3 is 0 Å². The number of hydrogen-bond acceptors (Lipinski definition) is 2. The Balaban J connectivity index is 0. The van der Waals surface area contributed by atoms with Gasteiger partial charge in [0, 0.05) is 30.2 Å². The fraction of sp³-hybridized carbons (Fsp3) is 1.00. The summed E-state index contributed by atoms with van der Waals surface area (Å²) in [6.45, 7) is 1.65. The maximum absolute atomic E-state index is 5.08. The Morgan fingerprint density at radius 3 is 2.17 bits per heavy atom. The molecule has 2 nitrogen and oxygen atoms in total. The van der Waals surface area contributed by atoms with Crippen LogP contribution in [0.1, 0.15) is 0 Å². The molecule has 43 valence electrons. The molecule has 0 bridgehead atoms. The molecule has 3 N–H and O–H groups in total. The summed E-state index contributed by atoms with van der Waals surface area (Å²) in [5.74, 6) is 0. The molecule has 0 fully saturated rings. The SMILES string of the molecule is CNCCN.[Cu]. The molecule has 0 aromatic carbocycles. The van der Waals surface area contributed by atoms with Crippen molar-refractivity contribution in [2.24, 2.45) is 5.73 Å². The van der Waals surface area contributed by atoms with Crippen molar-refractivity contribution >= 4 is 0 Å². The third-order valence-electron chi connectivity index (χ3n) is 0.394. The van der Waals surface area contributed by atoms with Gasteiger partial charge in [-0.2, -0.15) is 0 Å². The molecule has 6 heavy (non-hydrogen) atoms. The zero-order valence-electron chi connectivity index (χ0n) is 3.79. The summed E-state index contributed by atoms with van der Waals surface area (Å²) in [6.07, 6.45) is 0. The molecule has 0 saturated carbocycles. The van der Waals surface area contributed by atoms with Gasteiger partial charge in [0.1, 0.15) is 0 Å². The minimum atomic E-state index is 0. The summed E-state index contributed by atoms with van der Waals surface area (Å²) < 4.78 is 0. The second-order valence-electron chi connectivity index (χ2n) is 0.892. The first-order chi connectivity index (χ1) is 2.41. The maximum atomic E-state index is 5.08. The maximum Gasteiger partial charge on any atom is 0.00714 e. The standard InChI is InChI=1S/C3H10N2.Cu/c1-5-3-2-4;/h5H,2-4H2,1H3;. The van der Waals surface area contributed by atoms with Gasteiger partial charge in [-0.1, -0.05) is 0 Å². The largest absolute Gasteiger partial charge is 0.329 e. The van der Waals surface area contributed by atoms with Gasteiger partial charge in [0.15, 0.2) is 0 Å². The van der Waals surface area contributed by atoms with Gasteiger partial charge in [0.05, 0.1) is 0 Å². The normalized spacial score (nSPS) is 7.00. The van der Waals surface area contributed by atoms with Crippen molar-refractivity contribution in [3.63, 3.8) is 0 Å². The van der Waals surface area contributed by atoms with E-state index in [1.165, 1.54) is 0 Å². The Labute approximate surface area is 49.0 Å². The third kappa shape index (κ3) is 8.83. The van der Waals surface area contributed by atoms with Crippen molar-refractivity contribution in [3.8, 4) is 0 Å². The Kier molecular flexibility index (Phi) is 14.6. The van der Waals surface area contributed by atoms with Crippen molar-refractivity contribution in [1.29, 1.82) is 0 Å². The van der Waals surface area contributed by atoms with Gasteiger partial charge in [0.2, 0.25) is 0 Å². The fourth-order valence-electron chi connectivity index (χ4n) is 0.144. The Morgan fingerprint density at radius 1 is 1.67 bits per heavy atom. The number of hydrogen-bond donors (Lipinski definition) is 2. The van der Waals surface area contributed by atoms with Crippen molar-refractivity contribution in [1.82, 2.24) is 5.32 Å². The zero-order valence-corrected chi connectivity index (χ0v) is 4.73. The molecule has 0 aliphatic carbocycles. The number of likely N-dealkylation sites (N-methyl/N-ethyl adjacent to an activating group) is 1. The third-order valence-corrected chi connectivity index (χ3v) is 0.394. The zero-order chi connectivity index (χ0) is 4.12. The first kappa shape index (κ1) is 9.67. The average molecular weight is 138 g/mol. The first-order valence-corrected chi connectivity index (χ1v) is 1.76. The van der Waals surface area contributed by atoms with E-state index in [1.807, 2.05) is 7.05 Å². The van der Waals surface area contributed by atoms with Crippen LogP contribution in [0.15, 0.2) is 0 Å². The Hall–Kier alpha value is 0.439. The van der Waals surface area contributed by atoms with E-state index in [4.69, 9.17) is 5.73 Å². The molecule has 0 heterocycles. The molecule has 1 radical (unpaired) electrons. The summed E-state index contributed by atoms with van der Waals surface area (Å²) in [4.78, 5) is 0. The van der Waals surface area contributed by atoms with Crippen LogP contribution in [0.3, 0.4) is 0 Å². The molecule has 0 aliphatic rings. The minimum absolute atomic E-state index is 0. The second kappa shape index (κ2) is 9.06. The molecule has 0 spiro atoms. The summed E-state index contributed by atoms with van der Waals surface area (Å²) in [6, 6.07) is 0. The van der Waals surface area contributed by atoms with E-state index in [-0.39, 0.29) is 17.1 Å². The van der Waals surface area contributed by atoms with E-state index >= 15 is 0 Å².